The fraction of sp³-hybridized carbons (Fsp3) is 0.571. The summed E-state index contributed by atoms with van der Waals surface area (Å²) in [5.41, 5.74) is 2.32. The first-order valence-electron chi connectivity index (χ1n) is 6.16. The van der Waals surface area contributed by atoms with E-state index in [9.17, 15) is 5.11 Å². The zero-order valence-corrected chi connectivity index (χ0v) is 9.82. The van der Waals surface area contributed by atoms with Crippen molar-refractivity contribution >= 4 is 0 Å². The second kappa shape index (κ2) is 3.57. The zero-order chi connectivity index (χ0) is 11.2. The van der Waals surface area contributed by atoms with Crippen molar-refractivity contribution in [2.75, 3.05) is 13.1 Å². The summed E-state index contributed by atoms with van der Waals surface area (Å²) in [6, 6.07) is 8.68. The van der Waals surface area contributed by atoms with E-state index in [0.29, 0.717) is 5.92 Å². The largest absolute Gasteiger partial charge is 0.387 e. The van der Waals surface area contributed by atoms with Crippen LogP contribution in [0.5, 0.6) is 0 Å². The minimum Gasteiger partial charge on any atom is -0.387 e. The van der Waals surface area contributed by atoms with Gasteiger partial charge in [0.15, 0.2) is 0 Å². The van der Waals surface area contributed by atoms with E-state index in [2.05, 4.69) is 36.1 Å². The van der Waals surface area contributed by atoms with Crippen LogP contribution in [0.25, 0.3) is 0 Å². The van der Waals surface area contributed by atoms with Crippen molar-refractivity contribution in [2.45, 2.75) is 31.9 Å². The second-order valence-corrected chi connectivity index (χ2v) is 5.51. The molecule has 0 amide bonds. The van der Waals surface area contributed by atoms with Crippen LogP contribution >= 0.6 is 0 Å². The van der Waals surface area contributed by atoms with Gasteiger partial charge >= 0.3 is 0 Å². The molecule has 1 saturated heterocycles. The van der Waals surface area contributed by atoms with Crippen molar-refractivity contribution < 1.29 is 5.11 Å². The highest BCUT2D eigenvalue weighted by atomic mass is 16.3. The molecule has 1 heterocycles. The predicted molar refractivity (Wildman–Crippen MR) is 64.1 cm³/mol. The molecule has 1 aliphatic heterocycles. The third-order valence-corrected chi connectivity index (χ3v) is 3.86. The van der Waals surface area contributed by atoms with E-state index in [-0.39, 0.29) is 5.60 Å². The molecule has 0 unspecified atom stereocenters. The van der Waals surface area contributed by atoms with Crippen molar-refractivity contribution in [2.24, 2.45) is 5.92 Å². The topological polar surface area (TPSA) is 23.5 Å². The molecule has 0 bridgehead atoms. The molecule has 2 aliphatic rings. The van der Waals surface area contributed by atoms with E-state index in [1.165, 1.54) is 24.0 Å². The lowest BCUT2D eigenvalue weighted by Gasteiger charge is -2.47. The first-order chi connectivity index (χ1) is 7.66. The number of nitrogens with zero attached hydrogens (tertiary/aromatic N) is 1. The van der Waals surface area contributed by atoms with Crippen LogP contribution in [0.1, 0.15) is 24.0 Å². The summed E-state index contributed by atoms with van der Waals surface area (Å²) in [5, 5.41) is 10.2. The van der Waals surface area contributed by atoms with Gasteiger partial charge in [0.1, 0.15) is 0 Å². The van der Waals surface area contributed by atoms with Crippen molar-refractivity contribution in [3.05, 3.63) is 35.4 Å². The molecule has 2 heteroatoms. The van der Waals surface area contributed by atoms with Gasteiger partial charge in [-0.15, -0.1) is 0 Å². The van der Waals surface area contributed by atoms with Gasteiger partial charge in [-0.1, -0.05) is 29.8 Å². The first-order valence-corrected chi connectivity index (χ1v) is 6.16. The van der Waals surface area contributed by atoms with Gasteiger partial charge < -0.3 is 5.11 Å². The molecule has 1 aliphatic carbocycles. The summed E-state index contributed by atoms with van der Waals surface area (Å²) >= 11 is 0. The summed E-state index contributed by atoms with van der Waals surface area (Å²) in [4.78, 5) is 2.34. The molecule has 0 radical (unpaired) electrons. The van der Waals surface area contributed by atoms with Crippen LogP contribution in [0.2, 0.25) is 0 Å². The van der Waals surface area contributed by atoms with E-state index >= 15 is 0 Å². The Balaban J connectivity index is 1.55. The van der Waals surface area contributed by atoms with Gasteiger partial charge in [0.2, 0.25) is 0 Å². The number of benzene rings is 1. The highest BCUT2D eigenvalue weighted by Gasteiger charge is 2.51. The molecule has 0 atom stereocenters. The van der Waals surface area contributed by atoms with Crippen molar-refractivity contribution in [1.29, 1.82) is 0 Å². The summed E-state index contributed by atoms with van der Waals surface area (Å²) in [6.07, 6.45) is 2.46. The van der Waals surface area contributed by atoms with E-state index < -0.39 is 0 Å². The Bertz CT molecular complexity index is 374. The van der Waals surface area contributed by atoms with Gasteiger partial charge in [-0.3, -0.25) is 4.90 Å². The molecule has 1 aromatic rings. The molecular formula is C14H19NO. The van der Waals surface area contributed by atoms with Gasteiger partial charge in [-0.05, 0) is 31.2 Å². The predicted octanol–water partition coefficient (Wildman–Crippen LogP) is 1.95. The van der Waals surface area contributed by atoms with Crippen LogP contribution < -0.4 is 0 Å². The van der Waals surface area contributed by atoms with Crippen LogP contribution in [0.3, 0.4) is 0 Å². The Kier molecular flexibility index (Phi) is 2.30. The number of hydrogen-bond donors (Lipinski definition) is 1. The number of β-amino-alcohol motifs (C(OH)–C–C–N with tert-alkyl or cyclic N) is 1. The maximum atomic E-state index is 10.2. The maximum Gasteiger partial charge on any atom is 0.0928 e. The highest BCUT2D eigenvalue weighted by Crippen LogP contribution is 2.44. The zero-order valence-electron chi connectivity index (χ0n) is 9.82. The smallest absolute Gasteiger partial charge is 0.0928 e. The Morgan fingerprint density at radius 3 is 2.44 bits per heavy atom. The molecule has 2 fully saturated rings. The van der Waals surface area contributed by atoms with Gasteiger partial charge in [-0.2, -0.15) is 0 Å². The van der Waals surface area contributed by atoms with E-state index in [0.717, 1.165) is 19.6 Å². The van der Waals surface area contributed by atoms with E-state index in [4.69, 9.17) is 0 Å². The van der Waals surface area contributed by atoms with Gasteiger partial charge in [0, 0.05) is 19.6 Å². The molecule has 0 spiro atoms. The van der Waals surface area contributed by atoms with Crippen LogP contribution in [0.15, 0.2) is 24.3 Å². The summed E-state index contributed by atoms with van der Waals surface area (Å²) < 4.78 is 0. The number of aliphatic hydroxyl groups is 1. The van der Waals surface area contributed by atoms with Crippen molar-refractivity contribution in [3.8, 4) is 0 Å². The monoisotopic (exact) mass is 217 g/mol. The van der Waals surface area contributed by atoms with Crippen LogP contribution in [0, 0.1) is 12.8 Å². The third-order valence-electron chi connectivity index (χ3n) is 3.86. The minimum absolute atomic E-state index is 0.343. The standard InChI is InChI=1S/C14H19NO/c1-11-2-4-12(5-3-11)8-15-9-14(16,10-15)13-6-7-13/h2-5,13,16H,6-10H2,1H3. The lowest BCUT2D eigenvalue weighted by Crippen LogP contribution is -2.62. The average Bonchev–Trinajstić information content (AvgIpc) is 3.02. The number of rotatable bonds is 3. The summed E-state index contributed by atoms with van der Waals surface area (Å²) in [5.74, 6) is 0.599. The molecule has 0 aromatic heterocycles. The molecule has 86 valence electrons. The van der Waals surface area contributed by atoms with Gasteiger partial charge in [0.05, 0.1) is 5.60 Å². The van der Waals surface area contributed by atoms with Gasteiger partial charge in [0.25, 0.3) is 0 Å². The summed E-state index contributed by atoms with van der Waals surface area (Å²) in [6.45, 7) is 4.83. The second-order valence-electron chi connectivity index (χ2n) is 5.51. The SMILES string of the molecule is Cc1ccc(CN2CC(O)(C3CC3)C2)cc1. The molecule has 1 saturated carbocycles. The van der Waals surface area contributed by atoms with E-state index in [1.807, 2.05) is 0 Å². The Morgan fingerprint density at radius 2 is 1.88 bits per heavy atom. The van der Waals surface area contributed by atoms with Crippen molar-refractivity contribution in [3.63, 3.8) is 0 Å². The molecule has 3 rings (SSSR count). The fourth-order valence-corrected chi connectivity index (χ4v) is 2.67. The number of likely N-dealkylation sites (tertiary alicyclic amines) is 1. The quantitative estimate of drug-likeness (QED) is 0.836. The van der Waals surface area contributed by atoms with Crippen molar-refractivity contribution in [1.82, 2.24) is 4.90 Å². The molecule has 16 heavy (non-hydrogen) atoms. The summed E-state index contributed by atoms with van der Waals surface area (Å²) in [7, 11) is 0. The van der Waals surface area contributed by atoms with Gasteiger partial charge in [-0.25, -0.2) is 0 Å². The molecular weight excluding hydrogens is 198 g/mol. The lowest BCUT2D eigenvalue weighted by atomic mass is 9.88. The number of aryl methyl sites for hydroxylation is 1. The minimum atomic E-state index is -0.343. The Morgan fingerprint density at radius 1 is 1.25 bits per heavy atom. The average molecular weight is 217 g/mol. The Labute approximate surface area is 96.9 Å². The third kappa shape index (κ3) is 1.87. The first kappa shape index (κ1) is 10.3. The fourth-order valence-electron chi connectivity index (χ4n) is 2.67. The maximum absolute atomic E-state index is 10.2. The number of hydrogen-bond acceptors (Lipinski definition) is 2. The molecule has 1 N–H and O–H groups in total. The lowest BCUT2D eigenvalue weighted by molar-refractivity contribution is -0.116. The molecule has 2 nitrogen and oxygen atoms in total. The van der Waals surface area contributed by atoms with Crippen LogP contribution in [-0.2, 0) is 6.54 Å². The highest BCUT2D eigenvalue weighted by molar-refractivity contribution is 5.22. The van der Waals surface area contributed by atoms with Crippen LogP contribution in [-0.4, -0.2) is 28.7 Å². The normalized spacial score (nSPS) is 24.1. The van der Waals surface area contributed by atoms with Crippen LogP contribution in [0.4, 0.5) is 0 Å². The Hall–Kier alpha value is -0.860. The molecule has 1 aromatic carbocycles. The van der Waals surface area contributed by atoms with E-state index in [1.54, 1.807) is 0 Å².